The normalized spacial score (nSPS) is 25.2. The van der Waals surface area contributed by atoms with Crippen molar-refractivity contribution in [3.63, 3.8) is 0 Å². The van der Waals surface area contributed by atoms with Gasteiger partial charge < -0.3 is 9.47 Å². The van der Waals surface area contributed by atoms with Gasteiger partial charge in [0.2, 0.25) is 0 Å². The van der Waals surface area contributed by atoms with Crippen molar-refractivity contribution in [2.45, 2.75) is 25.0 Å². The molecule has 0 saturated carbocycles. The van der Waals surface area contributed by atoms with Crippen LogP contribution in [0.2, 0.25) is 0 Å². The van der Waals surface area contributed by atoms with Crippen molar-refractivity contribution in [3.05, 3.63) is 0 Å². The number of rotatable bonds is 4. The molecule has 1 N–H and O–H groups in total. The molecule has 0 bridgehead atoms. The van der Waals surface area contributed by atoms with Crippen molar-refractivity contribution < 1.29 is 19.1 Å². The van der Waals surface area contributed by atoms with Crippen molar-refractivity contribution in [1.29, 1.82) is 0 Å². The lowest BCUT2D eigenvalue weighted by molar-refractivity contribution is -0.218. The number of nitrogens with one attached hydrogen (secondary N) is 1. The Labute approximate surface area is 86.7 Å². The SMILES string of the molecule is CCOC1(OCC)C(=O)NC(=O)C1Cl. The van der Waals surface area contributed by atoms with Crippen LogP contribution in [0.1, 0.15) is 13.8 Å². The Hall–Kier alpha value is -0.650. The summed E-state index contributed by atoms with van der Waals surface area (Å²) < 4.78 is 10.3. The van der Waals surface area contributed by atoms with E-state index < -0.39 is 23.0 Å². The van der Waals surface area contributed by atoms with Crippen molar-refractivity contribution in [3.8, 4) is 0 Å². The highest BCUT2D eigenvalue weighted by molar-refractivity contribution is 6.37. The van der Waals surface area contributed by atoms with Gasteiger partial charge in [0.05, 0.1) is 0 Å². The predicted octanol–water partition coefficient (Wildman–Crippen LogP) is 0.0195. The lowest BCUT2D eigenvalue weighted by Gasteiger charge is -2.27. The van der Waals surface area contributed by atoms with Gasteiger partial charge in [0.25, 0.3) is 17.6 Å². The van der Waals surface area contributed by atoms with Crippen LogP contribution in [0.4, 0.5) is 0 Å². The average molecular weight is 222 g/mol. The summed E-state index contributed by atoms with van der Waals surface area (Å²) >= 11 is 5.75. The van der Waals surface area contributed by atoms with Crippen LogP contribution in [0.3, 0.4) is 0 Å². The van der Waals surface area contributed by atoms with Gasteiger partial charge in [0.1, 0.15) is 0 Å². The summed E-state index contributed by atoms with van der Waals surface area (Å²) in [6.07, 6.45) is 0. The molecule has 0 radical (unpaired) electrons. The summed E-state index contributed by atoms with van der Waals surface area (Å²) in [6, 6.07) is 0. The monoisotopic (exact) mass is 221 g/mol. The number of imide groups is 1. The van der Waals surface area contributed by atoms with Crippen LogP contribution in [-0.2, 0) is 19.1 Å². The van der Waals surface area contributed by atoms with E-state index in [1.54, 1.807) is 13.8 Å². The molecule has 80 valence electrons. The Morgan fingerprint density at radius 2 is 1.86 bits per heavy atom. The summed E-state index contributed by atoms with van der Waals surface area (Å²) in [5.41, 5.74) is 0. The second kappa shape index (κ2) is 4.25. The number of carbonyl (C=O) groups excluding carboxylic acids is 2. The fraction of sp³-hybridized carbons (Fsp3) is 0.750. The molecule has 14 heavy (non-hydrogen) atoms. The molecule has 1 heterocycles. The van der Waals surface area contributed by atoms with E-state index >= 15 is 0 Å². The summed E-state index contributed by atoms with van der Waals surface area (Å²) in [5, 5.41) is 0.938. The molecule has 5 nitrogen and oxygen atoms in total. The van der Waals surface area contributed by atoms with E-state index in [1.165, 1.54) is 0 Å². The van der Waals surface area contributed by atoms with Gasteiger partial charge >= 0.3 is 0 Å². The molecule has 0 spiro atoms. The molecule has 1 aliphatic rings. The summed E-state index contributed by atoms with van der Waals surface area (Å²) in [4.78, 5) is 22.6. The van der Waals surface area contributed by atoms with Crippen LogP contribution in [-0.4, -0.2) is 36.2 Å². The quantitative estimate of drug-likeness (QED) is 0.413. The van der Waals surface area contributed by atoms with Gasteiger partial charge in [-0.15, -0.1) is 11.6 Å². The van der Waals surface area contributed by atoms with Crippen molar-refractivity contribution in [2.75, 3.05) is 13.2 Å². The molecule has 1 aliphatic heterocycles. The number of halogens is 1. The number of carbonyl (C=O) groups is 2. The highest BCUT2D eigenvalue weighted by atomic mass is 35.5. The van der Waals surface area contributed by atoms with Gasteiger partial charge in [0.15, 0.2) is 5.38 Å². The van der Waals surface area contributed by atoms with E-state index in [2.05, 4.69) is 5.32 Å². The lowest BCUT2D eigenvalue weighted by atomic mass is 10.2. The van der Waals surface area contributed by atoms with Gasteiger partial charge in [-0.25, -0.2) is 0 Å². The minimum atomic E-state index is -1.65. The van der Waals surface area contributed by atoms with E-state index in [0.29, 0.717) is 0 Å². The minimum Gasteiger partial charge on any atom is -0.341 e. The van der Waals surface area contributed by atoms with Crippen LogP contribution < -0.4 is 5.32 Å². The third kappa shape index (κ3) is 1.63. The fourth-order valence-electron chi connectivity index (χ4n) is 1.30. The molecule has 0 aromatic carbocycles. The molecular weight excluding hydrogens is 210 g/mol. The summed E-state index contributed by atoms with van der Waals surface area (Å²) in [5.74, 6) is -2.87. The molecule has 1 fully saturated rings. The highest BCUT2D eigenvalue weighted by Crippen LogP contribution is 2.28. The van der Waals surface area contributed by atoms with Crippen molar-refractivity contribution in [2.24, 2.45) is 0 Å². The first-order valence-electron chi connectivity index (χ1n) is 4.35. The topological polar surface area (TPSA) is 64.6 Å². The summed E-state index contributed by atoms with van der Waals surface area (Å²) in [6.45, 7) is 3.87. The molecule has 0 aromatic heterocycles. The predicted molar refractivity (Wildman–Crippen MR) is 48.8 cm³/mol. The third-order valence-electron chi connectivity index (χ3n) is 1.83. The van der Waals surface area contributed by atoms with Gasteiger partial charge in [-0.2, -0.15) is 0 Å². The van der Waals surface area contributed by atoms with Gasteiger partial charge in [-0.3, -0.25) is 14.9 Å². The first-order chi connectivity index (χ1) is 6.58. The number of amides is 2. The first kappa shape index (κ1) is 11.4. The zero-order valence-electron chi connectivity index (χ0n) is 8.00. The Balaban J connectivity index is 2.94. The zero-order valence-corrected chi connectivity index (χ0v) is 8.76. The molecule has 6 heteroatoms. The van der Waals surface area contributed by atoms with Crippen LogP contribution in [0.5, 0.6) is 0 Å². The maximum Gasteiger partial charge on any atom is 0.289 e. The van der Waals surface area contributed by atoms with Gasteiger partial charge in [0, 0.05) is 13.2 Å². The number of hydrogen-bond acceptors (Lipinski definition) is 4. The van der Waals surface area contributed by atoms with E-state index in [1.807, 2.05) is 0 Å². The standard InChI is InChI=1S/C8H12ClNO4/c1-3-13-8(14-4-2)5(9)6(11)10-7(8)12/h5H,3-4H2,1-2H3,(H,10,11,12). The largest absolute Gasteiger partial charge is 0.341 e. The van der Waals surface area contributed by atoms with E-state index in [-0.39, 0.29) is 13.2 Å². The smallest absolute Gasteiger partial charge is 0.289 e. The molecule has 1 unspecified atom stereocenters. The fourth-order valence-corrected chi connectivity index (χ4v) is 1.58. The van der Waals surface area contributed by atoms with Crippen LogP contribution in [0.25, 0.3) is 0 Å². The molecule has 1 saturated heterocycles. The lowest BCUT2D eigenvalue weighted by Crippen LogP contribution is -2.49. The van der Waals surface area contributed by atoms with E-state index in [4.69, 9.17) is 21.1 Å². The molecule has 1 rings (SSSR count). The number of alkyl halides is 1. The second-order valence-electron chi connectivity index (χ2n) is 2.71. The van der Waals surface area contributed by atoms with Crippen LogP contribution in [0, 0.1) is 0 Å². The van der Waals surface area contributed by atoms with E-state index in [0.717, 1.165) is 0 Å². The maximum atomic E-state index is 11.4. The van der Waals surface area contributed by atoms with Gasteiger partial charge in [-0.05, 0) is 13.8 Å². The zero-order chi connectivity index (χ0) is 10.8. The van der Waals surface area contributed by atoms with Crippen LogP contribution in [0.15, 0.2) is 0 Å². The average Bonchev–Trinajstić information content (AvgIpc) is 2.33. The Bertz CT molecular complexity index is 250. The van der Waals surface area contributed by atoms with Crippen LogP contribution >= 0.6 is 11.6 Å². The molecular formula is C8H12ClNO4. The molecule has 1 atom stereocenters. The molecule has 0 aromatic rings. The van der Waals surface area contributed by atoms with E-state index in [9.17, 15) is 9.59 Å². The Kier molecular flexibility index (Phi) is 3.47. The number of hydrogen-bond donors (Lipinski definition) is 1. The first-order valence-corrected chi connectivity index (χ1v) is 4.79. The highest BCUT2D eigenvalue weighted by Gasteiger charge is 2.57. The maximum absolute atomic E-state index is 11.4. The summed E-state index contributed by atoms with van der Waals surface area (Å²) in [7, 11) is 0. The van der Waals surface area contributed by atoms with Crippen molar-refractivity contribution >= 4 is 23.4 Å². The Morgan fingerprint density at radius 1 is 1.36 bits per heavy atom. The second-order valence-corrected chi connectivity index (χ2v) is 3.15. The minimum absolute atomic E-state index is 0.240. The molecule has 0 aliphatic carbocycles. The Morgan fingerprint density at radius 3 is 2.14 bits per heavy atom. The van der Waals surface area contributed by atoms with Crippen molar-refractivity contribution in [1.82, 2.24) is 5.32 Å². The van der Waals surface area contributed by atoms with Gasteiger partial charge in [-0.1, -0.05) is 0 Å². The number of ether oxygens (including phenoxy) is 2. The third-order valence-corrected chi connectivity index (χ3v) is 2.32. The molecule has 2 amide bonds.